The average molecular weight is 239 g/mol. The van der Waals surface area contributed by atoms with E-state index in [1.165, 1.54) is 12.1 Å². The lowest BCUT2D eigenvalue weighted by Crippen LogP contribution is -2.26. The van der Waals surface area contributed by atoms with E-state index >= 15 is 0 Å². The van der Waals surface area contributed by atoms with E-state index in [4.69, 9.17) is 9.84 Å². The molecule has 0 aliphatic rings. The molecule has 0 heterocycles. The van der Waals surface area contributed by atoms with Gasteiger partial charge in [0, 0.05) is 6.07 Å². The SMILES string of the molecule is CC[C@@H](Oc1ccc(C)cc1[N+](=O)[O-])C(=O)O. The normalized spacial score (nSPS) is 11.9. The molecule has 0 aromatic heterocycles. The minimum atomic E-state index is -1.14. The van der Waals surface area contributed by atoms with Crippen LogP contribution in [-0.4, -0.2) is 22.1 Å². The van der Waals surface area contributed by atoms with Crippen LogP contribution in [0.5, 0.6) is 5.75 Å². The van der Waals surface area contributed by atoms with Crippen molar-refractivity contribution in [3.8, 4) is 5.75 Å². The predicted molar refractivity (Wildman–Crippen MR) is 60.2 cm³/mol. The monoisotopic (exact) mass is 239 g/mol. The van der Waals surface area contributed by atoms with Gasteiger partial charge in [-0.2, -0.15) is 0 Å². The van der Waals surface area contributed by atoms with E-state index in [0.29, 0.717) is 5.56 Å². The van der Waals surface area contributed by atoms with Crippen molar-refractivity contribution in [1.82, 2.24) is 0 Å². The highest BCUT2D eigenvalue weighted by Crippen LogP contribution is 2.29. The van der Waals surface area contributed by atoms with Crippen molar-refractivity contribution in [1.29, 1.82) is 0 Å². The third-order valence-corrected chi connectivity index (χ3v) is 2.23. The molecule has 0 fully saturated rings. The van der Waals surface area contributed by atoms with Gasteiger partial charge in [-0.3, -0.25) is 10.1 Å². The van der Waals surface area contributed by atoms with Gasteiger partial charge in [0.05, 0.1) is 4.92 Å². The number of nitrogens with zero attached hydrogens (tertiary/aromatic N) is 1. The van der Waals surface area contributed by atoms with Gasteiger partial charge in [0.25, 0.3) is 0 Å². The lowest BCUT2D eigenvalue weighted by molar-refractivity contribution is -0.386. The number of ether oxygens (including phenoxy) is 1. The maximum absolute atomic E-state index is 10.8. The summed E-state index contributed by atoms with van der Waals surface area (Å²) in [7, 11) is 0. The van der Waals surface area contributed by atoms with Crippen molar-refractivity contribution in [2.24, 2.45) is 0 Å². The molecule has 0 amide bonds. The molecule has 1 aromatic rings. The molecule has 0 aliphatic carbocycles. The van der Waals surface area contributed by atoms with Crippen LogP contribution in [0, 0.1) is 17.0 Å². The molecule has 0 saturated carbocycles. The number of aryl methyl sites for hydroxylation is 1. The molecule has 0 unspecified atom stereocenters. The number of carboxylic acids is 1. The van der Waals surface area contributed by atoms with E-state index in [1.807, 2.05) is 0 Å². The van der Waals surface area contributed by atoms with E-state index in [0.717, 1.165) is 0 Å². The van der Waals surface area contributed by atoms with Crippen LogP contribution >= 0.6 is 0 Å². The molecule has 17 heavy (non-hydrogen) atoms. The molecule has 1 aromatic carbocycles. The molecule has 0 saturated heterocycles. The number of rotatable bonds is 5. The van der Waals surface area contributed by atoms with Crippen LogP contribution in [0.15, 0.2) is 18.2 Å². The molecule has 0 bridgehead atoms. The largest absolute Gasteiger partial charge is 0.479 e. The Hall–Kier alpha value is -2.11. The van der Waals surface area contributed by atoms with Gasteiger partial charge in [-0.05, 0) is 25.0 Å². The van der Waals surface area contributed by atoms with Gasteiger partial charge >= 0.3 is 11.7 Å². The van der Waals surface area contributed by atoms with Crippen molar-refractivity contribution in [3.05, 3.63) is 33.9 Å². The second-order valence-electron chi connectivity index (χ2n) is 3.58. The van der Waals surface area contributed by atoms with Crippen LogP contribution in [0.25, 0.3) is 0 Å². The first-order chi connectivity index (χ1) is 7.95. The fraction of sp³-hybridized carbons (Fsp3) is 0.364. The van der Waals surface area contributed by atoms with Crippen molar-refractivity contribution in [2.75, 3.05) is 0 Å². The Labute approximate surface area is 98.0 Å². The Bertz CT molecular complexity index is 443. The molecule has 1 N–H and O–H groups in total. The van der Waals surface area contributed by atoms with Crippen molar-refractivity contribution < 1.29 is 19.6 Å². The van der Waals surface area contributed by atoms with Crippen LogP contribution in [0.1, 0.15) is 18.9 Å². The summed E-state index contributed by atoms with van der Waals surface area (Å²) >= 11 is 0. The zero-order valence-corrected chi connectivity index (χ0v) is 9.54. The quantitative estimate of drug-likeness (QED) is 0.628. The standard InChI is InChI=1S/C11H13NO5/c1-3-9(11(13)14)17-10-5-4-7(2)6-8(10)12(15)16/h4-6,9H,3H2,1-2H3,(H,13,14)/t9-/m1/s1. The van der Waals surface area contributed by atoms with E-state index in [9.17, 15) is 14.9 Å². The van der Waals surface area contributed by atoms with Crippen molar-refractivity contribution in [3.63, 3.8) is 0 Å². The number of nitro groups is 1. The second-order valence-corrected chi connectivity index (χ2v) is 3.58. The smallest absolute Gasteiger partial charge is 0.344 e. The maximum Gasteiger partial charge on any atom is 0.344 e. The molecule has 1 rings (SSSR count). The van der Waals surface area contributed by atoms with Crippen LogP contribution in [0.3, 0.4) is 0 Å². The number of carboxylic acid groups (broad SMARTS) is 1. The molecule has 6 heteroatoms. The summed E-state index contributed by atoms with van der Waals surface area (Å²) in [6, 6.07) is 4.40. The van der Waals surface area contributed by atoms with Gasteiger partial charge in [-0.1, -0.05) is 13.0 Å². The Morgan fingerprint density at radius 3 is 2.71 bits per heavy atom. The van der Waals surface area contributed by atoms with Crippen molar-refractivity contribution in [2.45, 2.75) is 26.4 Å². The minimum Gasteiger partial charge on any atom is -0.479 e. The molecular weight excluding hydrogens is 226 g/mol. The summed E-state index contributed by atoms with van der Waals surface area (Å²) in [5, 5.41) is 19.6. The number of nitro benzene ring substituents is 1. The highest BCUT2D eigenvalue weighted by molar-refractivity contribution is 5.73. The predicted octanol–water partition coefficient (Wildman–Crippen LogP) is 2.15. The summed E-state index contributed by atoms with van der Waals surface area (Å²) in [4.78, 5) is 21.0. The number of hydrogen-bond acceptors (Lipinski definition) is 4. The van der Waals surface area contributed by atoms with Gasteiger partial charge in [-0.15, -0.1) is 0 Å². The molecular formula is C11H13NO5. The average Bonchev–Trinajstić information content (AvgIpc) is 2.26. The Morgan fingerprint density at radius 2 is 2.24 bits per heavy atom. The summed E-state index contributed by atoms with van der Waals surface area (Å²) < 4.78 is 5.13. The summed E-state index contributed by atoms with van der Waals surface area (Å²) in [6.45, 7) is 3.35. The lowest BCUT2D eigenvalue weighted by atomic mass is 10.2. The van der Waals surface area contributed by atoms with Crippen molar-refractivity contribution >= 4 is 11.7 Å². The van der Waals surface area contributed by atoms with Gasteiger partial charge in [0.1, 0.15) is 0 Å². The Balaban J connectivity index is 3.05. The first-order valence-electron chi connectivity index (χ1n) is 5.10. The fourth-order valence-electron chi connectivity index (χ4n) is 1.33. The Morgan fingerprint density at radius 1 is 1.59 bits per heavy atom. The highest BCUT2D eigenvalue weighted by Gasteiger charge is 2.22. The molecule has 0 radical (unpaired) electrons. The third kappa shape index (κ3) is 3.17. The van der Waals surface area contributed by atoms with E-state index < -0.39 is 17.0 Å². The van der Waals surface area contributed by atoms with E-state index in [2.05, 4.69) is 0 Å². The zero-order valence-electron chi connectivity index (χ0n) is 9.54. The van der Waals surface area contributed by atoms with Crippen LogP contribution in [0.2, 0.25) is 0 Å². The topological polar surface area (TPSA) is 89.7 Å². The number of hydrogen-bond donors (Lipinski definition) is 1. The third-order valence-electron chi connectivity index (χ3n) is 2.23. The van der Waals surface area contributed by atoms with Crippen LogP contribution < -0.4 is 4.74 Å². The minimum absolute atomic E-state index is 0.0187. The van der Waals surface area contributed by atoms with E-state index in [-0.39, 0.29) is 17.9 Å². The van der Waals surface area contributed by atoms with Crippen LogP contribution in [-0.2, 0) is 4.79 Å². The molecule has 1 atom stereocenters. The number of carbonyl (C=O) groups is 1. The van der Waals surface area contributed by atoms with Crippen LogP contribution in [0.4, 0.5) is 5.69 Å². The summed E-state index contributed by atoms with van der Waals surface area (Å²) in [6.07, 6.45) is -0.836. The molecule has 6 nitrogen and oxygen atoms in total. The lowest BCUT2D eigenvalue weighted by Gasteiger charge is -2.13. The fourth-order valence-corrected chi connectivity index (χ4v) is 1.33. The summed E-state index contributed by atoms with van der Waals surface area (Å²) in [5.74, 6) is -1.16. The van der Waals surface area contributed by atoms with E-state index in [1.54, 1.807) is 19.9 Å². The Kier molecular flexibility index (Phi) is 4.03. The maximum atomic E-state index is 10.8. The molecule has 0 spiro atoms. The first kappa shape index (κ1) is 13.0. The number of aliphatic carboxylic acids is 1. The van der Waals surface area contributed by atoms with Gasteiger partial charge in [0.2, 0.25) is 0 Å². The van der Waals surface area contributed by atoms with Gasteiger partial charge in [0.15, 0.2) is 11.9 Å². The summed E-state index contributed by atoms with van der Waals surface area (Å²) in [5.41, 5.74) is 0.497. The zero-order chi connectivity index (χ0) is 13.0. The molecule has 0 aliphatic heterocycles. The highest BCUT2D eigenvalue weighted by atomic mass is 16.6. The van der Waals surface area contributed by atoms with Gasteiger partial charge in [-0.25, -0.2) is 4.79 Å². The first-order valence-corrected chi connectivity index (χ1v) is 5.10. The molecule has 92 valence electrons. The number of benzene rings is 1. The second kappa shape index (κ2) is 5.29. The van der Waals surface area contributed by atoms with Gasteiger partial charge < -0.3 is 9.84 Å².